The Morgan fingerprint density at radius 3 is 2.71 bits per heavy atom. The van der Waals surface area contributed by atoms with Gasteiger partial charge in [-0.1, -0.05) is 19.4 Å². The number of anilines is 1. The molecule has 5 heteroatoms. The summed E-state index contributed by atoms with van der Waals surface area (Å²) < 4.78 is 12.8. The largest absolute Gasteiger partial charge is 0.348 e. The maximum atomic E-state index is 12.8. The highest BCUT2D eigenvalue weighted by atomic mass is 19.1. The van der Waals surface area contributed by atoms with Crippen molar-refractivity contribution >= 4 is 17.5 Å². The van der Waals surface area contributed by atoms with Crippen LogP contribution in [0.1, 0.15) is 19.8 Å². The fourth-order valence-electron chi connectivity index (χ4n) is 1.21. The zero-order valence-corrected chi connectivity index (χ0v) is 9.63. The van der Waals surface area contributed by atoms with Gasteiger partial charge in [0.05, 0.1) is 0 Å². The highest BCUT2D eigenvalue weighted by Crippen LogP contribution is 2.08. The molecule has 0 aliphatic heterocycles. The van der Waals surface area contributed by atoms with E-state index in [1.54, 1.807) is 0 Å². The molecule has 17 heavy (non-hydrogen) atoms. The summed E-state index contributed by atoms with van der Waals surface area (Å²) in [5.74, 6) is -1.95. The third-order valence-corrected chi connectivity index (χ3v) is 2.10. The Bertz CT molecular complexity index is 407. The predicted octanol–water partition coefficient (Wildman–Crippen LogP) is 1.68. The predicted molar refractivity (Wildman–Crippen MR) is 62.9 cm³/mol. The van der Waals surface area contributed by atoms with Gasteiger partial charge in [-0.25, -0.2) is 4.39 Å². The van der Waals surface area contributed by atoms with Crippen molar-refractivity contribution in [2.75, 3.05) is 11.9 Å². The topological polar surface area (TPSA) is 58.2 Å². The summed E-state index contributed by atoms with van der Waals surface area (Å²) in [7, 11) is 0. The van der Waals surface area contributed by atoms with Crippen LogP contribution in [-0.4, -0.2) is 18.4 Å². The number of rotatable bonds is 4. The molecule has 0 radical (unpaired) electrons. The van der Waals surface area contributed by atoms with Gasteiger partial charge in [-0.15, -0.1) is 0 Å². The van der Waals surface area contributed by atoms with Crippen LogP contribution < -0.4 is 10.6 Å². The van der Waals surface area contributed by atoms with Gasteiger partial charge in [-0.2, -0.15) is 0 Å². The smallest absolute Gasteiger partial charge is 0.313 e. The summed E-state index contributed by atoms with van der Waals surface area (Å²) in [4.78, 5) is 22.7. The Balaban J connectivity index is 2.46. The van der Waals surface area contributed by atoms with Gasteiger partial charge < -0.3 is 10.6 Å². The van der Waals surface area contributed by atoms with Crippen molar-refractivity contribution in [3.63, 3.8) is 0 Å². The minimum atomic E-state index is -0.785. The number of nitrogens with one attached hydrogen (secondary N) is 2. The van der Waals surface area contributed by atoms with Crippen LogP contribution in [0.4, 0.5) is 10.1 Å². The van der Waals surface area contributed by atoms with Gasteiger partial charge in [0.25, 0.3) is 0 Å². The number of hydrogen-bond acceptors (Lipinski definition) is 2. The van der Waals surface area contributed by atoms with Crippen LogP contribution in [0.2, 0.25) is 0 Å². The molecule has 0 saturated carbocycles. The van der Waals surface area contributed by atoms with Gasteiger partial charge >= 0.3 is 11.8 Å². The van der Waals surface area contributed by atoms with E-state index in [0.29, 0.717) is 6.54 Å². The van der Waals surface area contributed by atoms with Gasteiger partial charge in [0.2, 0.25) is 0 Å². The molecule has 0 aliphatic carbocycles. The van der Waals surface area contributed by atoms with Crippen LogP contribution in [0, 0.1) is 5.82 Å². The molecular formula is C12H15FN2O2. The third kappa shape index (κ3) is 4.63. The first-order valence-corrected chi connectivity index (χ1v) is 5.48. The molecule has 1 aromatic rings. The van der Waals surface area contributed by atoms with Gasteiger partial charge in [0, 0.05) is 12.2 Å². The van der Waals surface area contributed by atoms with Gasteiger partial charge in [0.15, 0.2) is 0 Å². The highest BCUT2D eigenvalue weighted by Gasteiger charge is 2.12. The summed E-state index contributed by atoms with van der Waals surface area (Å²) >= 11 is 0. The van der Waals surface area contributed by atoms with Crippen molar-refractivity contribution in [1.29, 1.82) is 0 Å². The summed E-state index contributed by atoms with van der Waals surface area (Å²) in [5, 5.41) is 4.79. The number of hydrogen-bond donors (Lipinski definition) is 2. The van der Waals surface area contributed by atoms with Crippen molar-refractivity contribution < 1.29 is 14.0 Å². The fourth-order valence-corrected chi connectivity index (χ4v) is 1.21. The lowest BCUT2D eigenvalue weighted by molar-refractivity contribution is -0.136. The molecule has 0 bridgehead atoms. The van der Waals surface area contributed by atoms with E-state index in [9.17, 15) is 14.0 Å². The van der Waals surface area contributed by atoms with E-state index in [-0.39, 0.29) is 5.69 Å². The molecule has 0 aliphatic rings. The molecule has 0 unspecified atom stereocenters. The van der Waals surface area contributed by atoms with Crippen molar-refractivity contribution in [3.05, 3.63) is 30.1 Å². The summed E-state index contributed by atoms with van der Waals surface area (Å²) in [6.45, 7) is 2.45. The molecule has 2 N–H and O–H groups in total. The SMILES string of the molecule is CCCCNC(=O)C(=O)Nc1cccc(F)c1. The Kier molecular flexibility index (Phi) is 5.13. The minimum absolute atomic E-state index is 0.264. The quantitative estimate of drug-likeness (QED) is 0.619. The van der Waals surface area contributed by atoms with Crippen molar-refractivity contribution in [2.45, 2.75) is 19.8 Å². The molecule has 0 saturated heterocycles. The molecule has 0 fully saturated rings. The average Bonchev–Trinajstić information content (AvgIpc) is 2.29. The number of benzene rings is 1. The molecule has 0 spiro atoms. The van der Waals surface area contributed by atoms with E-state index in [4.69, 9.17) is 0 Å². The van der Waals surface area contributed by atoms with Gasteiger partial charge in [0.1, 0.15) is 5.82 Å². The Morgan fingerprint density at radius 2 is 2.06 bits per heavy atom. The van der Waals surface area contributed by atoms with E-state index in [0.717, 1.165) is 18.9 Å². The number of amides is 2. The molecule has 0 heterocycles. The lowest BCUT2D eigenvalue weighted by Gasteiger charge is -2.05. The van der Waals surface area contributed by atoms with E-state index in [1.165, 1.54) is 18.2 Å². The summed E-state index contributed by atoms with van der Waals surface area (Å²) in [6, 6.07) is 5.38. The number of carbonyl (C=O) groups is 2. The van der Waals surface area contributed by atoms with Gasteiger partial charge in [-0.05, 0) is 24.6 Å². The Hall–Kier alpha value is -1.91. The Labute approximate surface area is 99.2 Å². The summed E-state index contributed by atoms with van der Waals surface area (Å²) in [5.41, 5.74) is 0.264. The summed E-state index contributed by atoms with van der Waals surface area (Å²) in [6.07, 6.45) is 1.75. The van der Waals surface area contributed by atoms with Crippen LogP contribution in [0.3, 0.4) is 0 Å². The monoisotopic (exact) mass is 238 g/mol. The fraction of sp³-hybridized carbons (Fsp3) is 0.333. The van der Waals surface area contributed by atoms with E-state index < -0.39 is 17.6 Å². The van der Waals surface area contributed by atoms with Crippen LogP contribution in [-0.2, 0) is 9.59 Å². The zero-order chi connectivity index (χ0) is 12.7. The lowest BCUT2D eigenvalue weighted by Crippen LogP contribution is -2.35. The third-order valence-electron chi connectivity index (χ3n) is 2.10. The molecule has 1 rings (SSSR count). The minimum Gasteiger partial charge on any atom is -0.348 e. The Morgan fingerprint density at radius 1 is 1.29 bits per heavy atom. The first-order valence-electron chi connectivity index (χ1n) is 5.48. The van der Waals surface area contributed by atoms with Crippen LogP contribution >= 0.6 is 0 Å². The number of unbranched alkanes of at least 4 members (excludes halogenated alkanes) is 1. The van der Waals surface area contributed by atoms with E-state index in [1.807, 2.05) is 6.92 Å². The van der Waals surface area contributed by atoms with Crippen LogP contribution in [0.15, 0.2) is 24.3 Å². The second-order valence-corrected chi connectivity index (χ2v) is 3.57. The second-order valence-electron chi connectivity index (χ2n) is 3.57. The second kappa shape index (κ2) is 6.62. The molecule has 2 amide bonds. The molecule has 1 aromatic carbocycles. The number of halogens is 1. The lowest BCUT2D eigenvalue weighted by atomic mass is 10.3. The van der Waals surface area contributed by atoms with Crippen molar-refractivity contribution in [3.8, 4) is 0 Å². The first kappa shape index (κ1) is 13.2. The molecule has 4 nitrogen and oxygen atoms in total. The van der Waals surface area contributed by atoms with Crippen molar-refractivity contribution in [1.82, 2.24) is 5.32 Å². The standard InChI is InChI=1S/C12H15FN2O2/c1-2-3-7-14-11(16)12(17)15-10-6-4-5-9(13)8-10/h4-6,8H,2-3,7H2,1H3,(H,14,16)(H,15,17). The molecule has 0 aromatic heterocycles. The molecular weight excluding hydrogens is 223 g/mol. The van der Waals surface area contributed by atoms with E-state index in [2.05, 4.69) is 10.6 Å². The highest BCUT2D eigenvalue weighted by molar-refractivity contribution is 6.39. The normalized spacial score (nSPS) is 9.76. The van der Waals surface area contributed by atoms with Crippen molar-refractivity contribution in [2.24, 2.45) is 0 Å². The molecule has 0 atom stereocenters. The van der Waals surface area contributed by atoms with Crippen LogP contribution in [0.25, 0.3) is 0 Å². The first-order chi connectivity index (χ1) is 8.13. The number of carbonyl (C=O) groups excluding carboxylic acids is 2. The zero-order valence-electron chi connectivity index (χ0n) is 9.63. The average molecular weight is 238 g/mol. The van der Waals surface area contributed by atoms with Crippen LogP contribution in [0.5, 0.6) is 0 Å². The van der Waals surface area contributed by atoms with E-state index >= 15 is 0 Å². The maximum Gasteiger partial charge on any atom is 0.313 e. The molecule has 92 valence electrons. The maximum absolute atomic E-state index is 12.8. The van der Waals surface area contributed by atoms with Gasteiger partial charge in [-0.3, -0.25) is 9.59 Å².